The quantitative estimate of drug-likeness (QED) is 0.810. The van der Waals surface area contributed by atoms with Crippen molar-refractivity contribution < 1.29 is 14.7 Å². The second-order valence-electron chi connectivity index (χ2n) is 6.58. The molecule has 3 atom stereocenters. The molecule has 1 rings (SSSR count). The molecule has 4 heteroatoms. The number of carboxylic acid groups (broad SMARTS) is 1. The van der Waals surface area contributed by atoms with E-state index in [9.17, 15) is 14.7 Å². The fourth-order valence-electron chi connectivity index (χ4n) is 2.52. The Kier molecular flexibility index (Phi) is 4.77. The minimum absolute atomic E-state index is 0.0249. The van der Waals surface area contributed by atoms with E-state index in [1.807, 2.05) is 20.8 Å². The molecule has 0 bridgehead atoms. The largest absolute Gasteiger partial charge is 0.481 e. The average molecular weight is 255 g/mol. The molecule has 1 amide bonds. The number of hydrogen-bond donors (Lipinski definition) is 2. The van der Waals surface area contributed by atoms with Gasteiger partial charge < -0.3 is 10.4 Å². The summed E-state index contributed by atoms with van der Waals surface area (Å²) < 4.78 is 0. The van der Waals surface area contributed by atoms with Gasteiger partial charge in [0.2, 0.25) is 5.91 Å². The van der Waals surface area contributed by atoms with Gasteiger partial charge in [0.1, 0.15) is 0 Å². The maximum atomic E-state index is 12.1. The molecule has 0 aromatic rings. The van der Waals surface area contributed by atoms with E-state index in [1.54, 1.807) is 0 Å². The summed E-state index contributed by atoms with van der Waals surface area (Å²) in [5.74, 6) is -1.41. The van der Waals surface area contributed by atoms with Crippen molar-refractivity contribution in [2.24, 2.45) is 23.2 Å². The van der Waals surface area contributed by atoms with E-state index >= 15 is 0 Å². The second kappa shape index (κ2) is 5.72. The van der Waals surface area contributed by atoms with Crippen molar-refractivity contribution in [1.82, 2.24) is 5.32 Å². The van der Waals surface area contributed by atoms with E-state index < -0.39 is 11.9 Å². The Balaban J connectivity index is 2.62. The molecule has 3 unspecified atom stereocenters. The fraction of sp³-hybridized carbons (Fsp3) is 0.857. The average Bonchev–Trinajstić information content (AvgIpc) is 2.69. The molecule has 0 aromatic heterocycles. The van der Waals surface area contributed by atoms with Crippen LogP contribution in [0.1, 0.15) is 47.0 Å². The van der Waals surface area contributed by atoms with Gasteiger partial charge in [-0.15, -0.1) is 0 Å². The Labute approximate surface area is 109 Å². The van der Waals surface area contributed by atoms with Crippen molar-refractivity contribution in [3.63, 3.8) is 0 Å². The first-order valence-electron chi connectivity index (χ1n) is 6.75. The van der Waals surface area contributed by atoms with Gasteiger partial charge in [-0.2, -0.15) is 0 Å². The lowest BCUT2D eigenvalue weighted by atomic mass is 9.93. The number of rotatable bonds is 4. The molecule has 0 aliphatic heterocycles. The van der Waals surface area contributed by atoms with Gasteiger partial charge in [0.25, 0.3) is 0 Å². The topological polar surface area (TPSA) is 66.4 Å². The number of carboxylic acids is 1. The number of carbonyl (C=O) groups excluding carboxylic acids is 1. The third kappa shape index (κ3) is 4.00. The van der Waals surface area contributed by atoms with Crippen molar-refractivity contribution in [3.05, 3.63) is 0 Å². The fourth-order valence-corrected chi connectivity index (χ4v) is 2.52. The standard InChI is InChI=1S/C14H25NO3/c1-5-9-6-10(11(7-9)13(17)18)12(16)15-8-14(2,3)4/h9-11H,5-8H2,1-4H3,(H,15,16)(H,17,18). The van der Waals surface area contributed by atoms with E-state index in [4.69, 9.17) is 0 Å². The molecule has 0 spiro atoms. The Hall–Kier alpha value is -1.06. The predicted molar refractivity (Wildman–Crippen MR) is 70.1 cm³/mol. The summed E-state index contributed by atoms with van der Waals surface area (Å²) >= 11 is 0. The Morgan fingerprint density at radius 1 is 1.22 bits per heavy atom. The van der Waals surface area contributed by atoms with Crippen molar-refractivity contribution in [2.75, 3.05) is 6.54 Å². The van der Waals surface area contributed by atoms with Crippen LogP contribution >= 0.6 is 0 Å². The first-order chi connectivity index (χ1) is 8.24. The zero-order chi connectivity index (χ0) is 13.9. The highest BCUT2D eigenvalue weighted by atomic mass is 16.4. The molecule has 2 N–H and O–H groups in total. The molecule has 4 nitrogen and oxygen atoms in total. The lowest BCUT2D eigenvalue weighted by molar-refractivity contribution is -0.146. The van der Waals surface area contributed by atoms with E-state index in [-0.39, 0.29) is 17.2 Å². The predicted octanol–water partition coefficient (Wildman–Crippen LogP) is 2.29. The highest BCUT2D eigenvalue weighted by Gasteiger charge is 2.42. The van der Waals surface area contributed by atoms with E-state index in [0.717, 1.165) is 6.42 Å². The normalized spacial score (nSPS) is 28.1. The molecule has 1 aliphatic carbocycles. The molecule has 18 heavy (non-hydrogen) atoms. The van der Waals surface area contributed by atoms with Gasteiger partial charge >= 0.3 is 5.97 Å². The summed E-state index contributed by atoms with van der Waals surface area (Å²) in [7, 11) is 0. The van der Waals surface area contributed by atoms with Gasteiger partial charge in [-0.3, -0.25) is 9.59 Å². The second-order valence-corrected chi connectivity index (χ2v) is 6.58. The maximum Gasteiger partial charge on any atom is 0.307 e. The van der Waals surface area contributed by atoms with E-state index in [0.29, 0.717) is 25.3 Å². The van der Waals surface area contributed by atoms with Gasteiger partial charge in [0.15, 0.2) is 0 Å². The van der Waals surface area contributed by atoms with Crippen molar-refractivity contribution in [1.29, 1.82) is 0 Å². The molecule has 0 aromatic carbocycles. The number of nitrogens with one attached hydrogen (secondary N) is 1. The van der Waals surface area contributed by atoms with Crippen LogP contribution in [0.15, 0.2) is 0 Å². The summed E-state index contributed by atoms with van der Waals surface area (Å²) in [6, 6.07) is 0. The summed E-state index contributed by atoms with van der Waals surface area (Å²) in [4.78, 5) is 23.3. The van der Waals surface area contributed by atoms with Crippen molar-refractivity contribution in [3.8, 4) is 0 Å². The molecular weight excluding hydrogens is 230 g/mol. The summed E-state index contributed by atoms with van der Waals surface area (Å²) in [6.07, 6.45) is 2.30. The van der Waals surface area contributed by atoms with E-state index in [1.165, 1.54) is 0 Å². The van der Waals surface area contributed by atoms with Crippen LogP contribution < -0.4 is 5.32 Å². The maximum absolute atomic E-state index is 12.1. The van der Waals surface area contributed by atoms with Gasteiger partial charge in [-0.25, -0.2) is 0 Å². The molecule has 1 fully saturated rings. The number of carbonyl (C=O) groups is 2. The molecular formula is C14H25NO3. The Morgan fingerprint density at radius 3 is 2.22 bits per heavy atom. The monoisotopic (exact) mass is 255 g/mol. The Bertz CT molecular complexity index is 319. The van der Waals surface area contributed by atoms with E-state index in [2.05, 4.69) is 12.2 Å². The SMILES string of the molecule is CCC1CC(C(=O)O)C(C(=O)NCC(C)(C)C)C1. The molecule has 1 saturated carbocycles. The third-order valence-electron chi connectivity index (χ3n) is 3.68. The lowest BCUT2D eigenvalue weighted by Crippen LogP contribution is -2.39. The van der Waals surface area contributed by atoms with Crippen LogP contribution in [0.4, 0.5) is 0 Å². The van der Waals surface area contributed by atoms with Crippen LogP contribution in [0.3, 0.4) is 0 Å². The van der Waals surface area contributed by atoms with Crippen LogP contribution in [0, 0.1) is 23.2 Å². The first-order valence-corrected chi connectivity index (χ1v) is 6.75. The summed E-state index contributed by atoms with van der Waals surface area (Å²) in [6.45, 7) is 8.78. The minimum atomic E-state index is -0.832. The summed E-state index contributed by atoms with van der Waals surface area (Å²) in [5.41, 5.74) is 0.0249. The van der Waals surface area contributed by atoms with Gasteiger partial charge in [-0.05, 0) is 24.2 Å². The van der Waals surface area contributed by atoms with Crippen molar-refractivity contribution in [2.45, 2.75) is 47.0 Å². The minimum Gasteiger partial charge on any atom is -0.481 e. The van der Waals surface area contributed by atoms with Crippen LogP contribution in [0.5, 0.6) is 0 Å². The van der Waals surface area contributed by atoms with Gasteiger partial charge in [-0.1, -0.05) is 34.1 Å². The molecule has 0 saturated heterocycles. The van der Waals surface area contributed by atoms with Gasteiger partial charge in [0, 0.05) is 6.54 Å². The molecule has 0 heterocycles. The third-order valence-corrected chi connectivity index (χ3v) is 3.68. The molecule has 104 valence electrons. The highest BCUT2D eigenvalue weighted by molar-refractivity contribution is 5.85. The summed E-state index contributed by atoms with van der Waals surface area (Å²) in [5, 5.41) is 12.1. The highest BCUT2D eigenvalue weighted by Crippen LogP contribution is 2.38. The lowest BCUT2D eigenvalue weighted by Gasteiger charge is -2.22. The smallest absolute Gasteiger partial charge is 0.307 e. The number of hydrogen-bond acceptors (Lipinski definition) is 2. The molecule has 0 radical (unpaired) electrons. The van der Waals surface area contributed by atoms with Crippen LogP contribution in [0.2, 0.25) is 0 Å². The molecule has 1 aliphatic rings. The zero-order valence-corrected chi connectivity index (χ0v) is 11.8. The van der Waals surface area contributed by atoms with Crippen LogP contribution in [0.25, 0.3) is 0 Å². The number of amides is 1. The van der Waals surface area contributed by atoms with Gasteiger partial charge in [0.05, 0.1) is 11.8 Å². The Morgan fingerprint density at radius 2 is 1.78 bits per heavy atom. The van der Waals surface area contributed by atoms with Crippen molar-refractivity contribution >= 4 is 11.9 Å². The number of aliphatic carboxylic acids is 1. The van der Waals surface area contributed by atoms with Crippen LogP contribution in [-0.4, -0.2) is 23.5 Å². The zero-order valence-electron chi connectivity index (χ0n) is 11.8. The first kappa shape index (κ1) is 15.0. The van der Waals surface area contributed by atoms with Crippen LogP contribution in [-0.2, 0) is 9.59 Å².